The first-order valence-electron chi connectivity index (χ1n) is 13.4. The van der Waals surface area contributed by atoms with E-state index >= 15 is 0 Å². The third kappa shape index (κ3) is 7.88. The molecule has 0 aliphatic heterocycles. The molecule has 0 unspecified atom stereocenters. The highest BCUT2D eigenvalue weighted by molar-refractivity contribution is 7.89. The summed E-state index contributed by atoms with van der Waals surface area (Å²) in [7, 11) is 0.151. The molecule has 1 aromatic heterocycles. The zero-order valence-corrected chi connectivity index (χ0v) is 24.1. The highest BCUT2D eigenvalue weighted by Crippen LogP contribution is 2.33. The summed E-state index contributed by atoms with van der Waals surface area (Å²) >= 11 is 0. The Hall–Kier alpha value is -3.91. The Labute approximate surface area is 243 Å². The second-order valence-electron chi connectivity index (χ2n) is 10.4. The minimum Gasteiger partial charge on any atom is -0.477 e. The Morgan fingerprint density at radius 1 is 1.12 bits per heavy atom. The van der Waals surface area contributed by atoms with Gasteiger partial charge in [0.2, 0.25) is 10.0 Å². The first-order valence-corrected chi connectivity index (χ1v) is 14.9. The molecule has 0 saturated heterocycles. The summed E-state index contributed by atoms with van der Waals surface area (Å²) in [6.07, 6.45) is -0.411. The average molecular weight is 603 g/mol. The number of halogens is 3. The summed E-state index contributed by atoms with van der Waals surface area (Å²) in [5.41, 5.74) is 1.76. The van der Waals surface area contributed by atoms with Crippen LogP contribution in [0.1, 0.15) is 31.4 Å². The minimum absolute atomic E-state index is 0.00536. The number of nitrogens with two attached hydrogens (primary N) is 1. The van der Waals surface area contributed by atoms with E-state index in [0.717, 1.165) is 31.4 Å². The van der Waals surface area contributed by atoms with Crippen molar-refractivity contribution in [2.45, 2.75) is 55.4 Å². The molecular formula is C29H33F3N6O3S. The molecule has 1 fully saturated rings. The molecule has 2 aromatic carbocycles. The van der Waals surface area contributed by atoms with Crippen molar-refractivity contribution in [3.8, 4) is 23.7 Å². The van der Waals surface area contributed by atoms with E-state index in [-0.39, 0.29) is 35.5 Å². The lowest BCUT2D eigenvalue weighted by Crippen LogP contribution is -2.36. The smallest absolute Gasteiger partial charge is 0.406 e. The molecule has 0 amide bonds. The van der Waals surface area contributed by atoms with Crippen LogP contribution in [0.3, 0.4) is 0 Å². The fourth-order valence-corrected chi connectivity index (χ4v) is 5.68. The van der Waals surface area contributed by atoms with Crippen LogP contribution in [-0.2, 0) is 16.6 Å². The quantitative estimate of drug-likeness (QED) is 0.308. The molecule has 1 aliphatic carbocycles. The number of benzene rings is 2. The monoisotopic (exact) mass is 602 g/mol. The van der Waals surface area contributed by atoms with Gasteiger partial charge in [-0.3, -0.25) is 0 Å². The van der Waals surface area contributed by atoms with Crippen LogP contribution in [0, 0.1) is 23.2 Å². The predicted molar refractivity (Wildman–Crippen MR) is 156 cm³/mol. The van der Waals surface area contributed by atoms with E-state index in [1.807, 2.05) is 6.07 Å². The molecule has 0 atom stereocenters. The van der Waals surface area contributed by atoms with Crippen molar-refractivity contribution >= 4 is 32.3 Å². The van der Waals surface area contributed by atoms with Crippen molar-refractivity contribution in [2.24, 2.45) is 5.14 Å². The van der Waals surface area contributed by atoms with Gasteiger partial charge in [-0.25, -0.2) is 13.6 Å². The summed E-state index contributed by atoms with van der Waals surface area (Å²) in [5, 5.41) is 21.2. The zero-order valence-electron chi connectivity index (χ0n) is 23.3. The number of fused-ring (bicyclic) bond motifs is 1. The summed E-state index contributed by atoms with van der Waals surface area (Å²) in [4.78, 5) is 2.03. The summed E-state index contributed by atoms with van der Waals surface area (Å²) in [6, 6.07) is 13.4. The topological polar surface area (TPSA) is 125 Å². The molecule has 4 N–H and O–H groups in total. The third-order valence-electron chi connectivity index (χ3n) is 7.23. The molecule has 224 valence electrons. The molecule has 1 aliphatic rings. The largest absolute Gasteiger partial charge is 0.477 e. The number of ether oxygens (including phenoxy) is 1. The minimum atomic E-state index is -4.45. The number of anilines is 2. The maximum absolute atomic E-state index is 13.6. The van der Waals surface area contributed by atoms with Crippen LogP contribution in [0.15, 0.2) is 47.4 Å². The van der Waals surface area contributed by atoms with Crippen molar-refractivity contribution in [1.82, 2.24) is 9.47 Å². The van der Waals surface area contributed by atoms with Crippen molar-refractivity contribution in [1.29, 1.82) is 5.26 Å². The Kier molecular flexibility index (Phi) is 9.57. The Morgan fingerprint density at radius 3 is 2.50 bits per heavy atom. The fraction of sp³-hybridized carbons (Fsp3) is 0.414. The number of hydrogen-bond donors (Lipinski definition) is 3. The van der Waals surface area contributed by atoms with Gasteiger partial charge in [-0.15, -0.1) is 0 Å². The maximum atomic E-state index is 13.6. The fourth-order valence-electron chi connectivity index (χ4n) is 5.15. The van der Waals surface area contributed by atoms with Crippen LogP contribution in [0.4, 0.5) is 24.5 Å². The van der Waals surface area contributed by atoms with E-state index in [9.17, 15) is 21.6 Å². The van der Waals surface area contributed by atoms with Gasteiger partial charge in [0, 0.05) is 29.2 Å². The van der Waals surface area contributed by atoms with E-state index < -0.39 is 22.7 Å². The third-order valence-corrected chi connectivity index (χ3v) is 8.14. The summed E-state index contributed by atoms with van der Waals surface area (Å²) in [5.74, 6) is 5.77. The molecule has 42 heavy (non-hydrogen) atoms. The van der Waals surface area contributed by atoms with Gasteiger partial charge >= 0.3 is 6.18 Å². The standard InChI is InChI=1S/C29H33F3N6O3S/c1-37(2)21-10-8-20(9-11-21)36-25-6-3-7-27-24(25)17-22(38(27)19-29(30,31)32)5-4-15-35-26-13-12-23(42(34,39)40)18-28(26)41-16-14-33/h3,6-7,12-13,17-18,20-21,35-36H,8-11,15-16,19H2,1-2H3,(H2,34,39,40). The zero-order chi connectivity index (χ0) is 30.5. The van der Waals surface area contributed by atoms with Crippen molar-refractivity contribution in [2.75, 3.05) is 37.9 Å². The van der Waals surface area contributed by atoms with Gasteiger partial charge in [-0.1, -0.05) is 12.0 Å². The second kappa shape index (κ2) is 12.9. The number of rotatable bonds is 9. The van der Waals surface area contributed by atoms with Crippen LogP contribution in [0.2, 0.25) is 0 Å². The highest BCUT2D eigenvalue weighted by Gasteiger charge is 2.30. The molecular weight excluding hydrogens is 569 g/mol. The van der Waals surface area contributed by atoms with Gasteiger partial charge in [0.25, 0.3) is 0 Å². The van der Waals surface area contributed by atoms with Crippen LogP contribution in [0.25, 0.3) is 10.9 Å². The average Bonchev–Trinajstić information content (AvgIpc) is 3.26. The maximum Gasteiger partial charge on any atom is 0.406 e. The Bertz CT molecular complexity index is 1630. The van der Waals surface area contributed by atoms with E-state index in [1.165, 1.54) is 22.8 Å². The lowest BCUT2D eigenvalue weighted by atomic mass is 9.90. The van der Waals surface area contributed by atoms with Crippen molar-refractivity contribution in [3.05, 3.63) is 48.2 Å². The molecule has 0 radical (unpaired) electrons. The van der Waals surface area contributed by atoms with Gasteiger partial charge < -0.3 is 24.8 Å². The first kappa shape index (κ1) is 31.0. The van der Waals surface area contributed by atoms with Crippen molar-refractivity contribution in [3.63, 3.8) is 0 Å². The van der Waals surface area contributed by atoms with Gasteiger partial charge in [0.05, 0.1) is 28.3 Å². The molecule has 0 bridgehead atoms. The molecule has 13 heteroatoms. The van der Waals surface area contributed by atoms with Crippen LogP contribution < -0.4 is 20.5 Å². The highest BCUT2D eigenvalue weighted by atomic mass is 32.2. The molecule has 4 rings (SSSR count). The number of sulfonamides is 1. The number of nitriles is 1. The lowest BCUT2D eigenvalue weighted by Gasteiger charge is -2.33. The van der Waals surface area contributed by atoms with Gasteiger partial charge in [-0.2, -0.15) is 18.4 Å². The van der Waals surface area contributed by atoms with E-state index in [1.54, 1.807) is 24.3 Å². The van der Waals surface area contributed by atoms with E-state index in [4.69, 9.17) is 15.1 Å². The molecule has 1 saturated carbocycles. The number of alkyl halides is 3. The van der Waals surface area contributed by atoms with Crippen LogP contribution in [0.5, 0.6) is 5.75 Å². The van der Waals surface area contributed by atoms with Crippen molar-refractivity contribution < 1.29 is 26.3 Å². The SMILES string of the molecule is CN(C)C1CCC(Nc2cccc3c2cc(C#CCNc2ccc(S(N)(=O)=O)cc2OCC#N)n3CC(F)(F)F)CC1. The molecule has 9 nitrogen and oxygen atoms in total. The number of nitrogens with zero attached hydrogens (tertiary/aromatic N) is 3. The predicted octanol–water partition coefficient (Wildman–Crippen LogP) is 4.50. The summed E-state index contributed by atoms with van der Waals surface area (Å²) in [6.45, 7) is -1.52. The molecule has 1 heterocycles. The van der Waals surface area contributed by atoms with Gasteiger partial charge in [-0.05, 0) is 76.0 Å². The van der Waals surface area contributed by atoms with Crippen LogP contribution in [-0.4, -0.2) is 63.4 Å². The Balaban J connectivity index is 1.58. The Morgan fingerprint density at radius 2 is 1.86 bits per heavy atom. The van der Waals surface area contributed by atoms with Gasteiger partial charge in [0.15, 0.2) is 6.61 Å². The van der Waals surface area contributed by atoms with Crippen LogP contribution >= 0.6 is 0 Å². The first-order chi connectivity index (χ1) is 19.9. The number of primary sulfonamides is 1. The second-order valence-corrected chi connectivity index (χ2v) is 11.9. The molecule has 0 spiro atoms. The van der Waals surface area contributed by atoms with Gasteiger partial charge in [0.1, 0.15) is 18.4 Å². The number of hydrogen-bond acceptors (Lipinski definition) is 7. The number of nitrogens with one attached hydrogen (secondary N) is 2. The van der Waals surface area contributed by atoms with E-state index in [0.29, 0.717) is 22.6 Å². The summed E-state index contributed by atoms with van der Waals surface area (Å²) < 4.78 is 70.6. The molecule has 3 aromatic rings. The number of aromatic nitrogens is 1. The normalized spacial score (nSPS) is 17.4. The lowest BCUT2D eigenvalue weighted by molar-refractivity contribution is -0.140. The van der Waals surface area contributed by atoms with E-state index in [2.05, 4.69) is 41.5 Å².